The number of esters is 2. The van der Waals surface area contributed by atoms with Crippen molar-refractivity contribution >= 4 is 22.1 Å². The van der Waals surface area contributed by atoms with Crippen LogP contribution in [0.1, 0.15) is 40.0 Å². The molecule has 0 rings (SSSR count). The van der Waals surface area contributed by atoms with Crippen LogP contribution in [-0.4, -0.2) is 55.8 Å². The Morgan fingerprint density at radius 3 is 1.79 bits per heavy atom. The van der Waals surface area contributed by atoms with E-state index < -0.39 is 57.7 Å². The van der Waals surface area contributed by atoms with Crippen molar-refractivity contribution in [3.63, 3.8) is 0 Å². The summed E-state index contributed by atoms with van der Waals surface area (Å²) in [6.07, 6.45) is -7.70. The maximum absolute atomic E-state index is 13.6. The average molecular weight is 444 g/mol. The minimum atomic E-state index is -5.95. The highest BCUT2D eigenvalue weighted by molar-refractivity contribution is 7.86. The van der Waals surface area contributed by atoms with Crippen LogP contribution in [0.25, 0.3) is 0 Å². The van der Waals surface area contributed by atoms with Crippen molar-refractivity contribution in [2.45, 2.75) is 57.3 Å². The molecule has 0 saturated carbocycles. The molecule has 0 aliphatic rings. The molecule has 166 valence electrons. The normalized spacial score (nSPS) is 15.6. The van der Waals surface area contributed by atoms with Gasteiger partial charge in [-0.15, -0.1) is 0 Å². The molecule has 1 unspecified atom stereocenters. The van der Waals surface area contributed by atoms with E-state index in [-0.39, 0.29) is 12.8 Å². The lowest BCUT2D eigenvalue weighted by Gasteiger charge is -2.35. The van der Waals surface area contributed by atoms with Crippen LogP contribution in [0, 0.1) is 5.41 Å². The van der Waals surface area contributed by atoms with E-state index in [9.17, 15) is 40.0 Å². The SMILES string of the molecule is CCC(C)(CC)C(=O)OC(OCCC(F)(F)S(=O)(=O)O)(C(=O)OC)C(F)(F)F. The topological polar surface area (TPSA) is 116 Å². The second kappa shape index (κ2) is 8.86. The van der Waals surface area contributed by atoms with Crippen LogP contribution in [0.3, 0.4) is 0 Å². The summed E-state index contributed by atoms with van der Waals surface area (Å²) in [5.41, 5.74) is -1.47. The highest BCUT2D eigenvalue weighted by atomic mass is 32.2. The molecule has 0 aromatic heterocycles. The van der Waals surface area contributed by atoms with E-state index in [1.807, 2.05) is 0 Å². The van der Waals surface area contributed by atoms with Gasteiger partial charge in [0.05, 0.1) is 25.6 Å². The van der Waals surface area contributed by atoms with Gasteiger partial charge >= 0.3 is 39.3 Å². The van der Waals surface area contributed by atoms with Crippen LogP contribution < -0.4 is 0 Å². The number of rotatable bonds is 10. The second-order valence-corrected chi connectivity index (χ2v) is 7.52. The summed E-state index contributed by atoms with van der Waals surface area (Å²) in [5.74, 6) is -8.18. The van der Waals surface area contributed by atoms with Crippen LogP contribution >= 0.6 is 0 Å². The first-order chi connectivity index (χ1) is 12.4. The Morgan fingerprint density at radius 2 is 1.46 bits per heavy atom. The molecule has 0 bridgehead atoms. The molecule has 8 nitrogen and oxygen atoms in total. The van der Waals surface area contributed by atoms with Crippen molar-refractivity contribution in [2.24, 2.45) is 5.41 Å². The molecular weight excluding hydrogens is 423 g/mol. The lowest BCUT2D eigenvalue weighted by atomic mass is 9.85. The van der Waals surface area contributed by atoms with Gasteiger partial charge in [0.15, 0.2) is 0 Å². The Bertz CT molecular complexity index is 672. The third-order valence-corrected chi connectivity index (χ3v) is 5.15. The molecule has 0 heterocycles. The third kappa shape index (κ3) is 5.50. The summed E-state index contributed by atoms with van der Waals surface area (Å²) in [6, 6.07) is 0. The lowest BCUT2D eigenvalue weighted by molar-refractivity contribution is -0.358. The molecular formula is C14H21F5O8S. The second-order valence-electron chi connectivity index (χ2n) is 5.97. The van der Waals surface area contributed by atoms with Crippen molar-refractivity contribution in [3.05, 3.63) is 0 Å². The van der Waals surface area contributed by atoms with E-state index in [2.05, 4.69) is 14.2 Å². The van der Waals surface area contributed by atoms with Gasteiger partial charge in [-0.1, -0.05) is 13.8 Å². The van der Waals surface area contributed by atoms with Crippen molar-refractivity contribution in [1.82, 2.24) is 0 Å². The van der Waals surface area contributed by atoms with E-state index in [1.165, 1.54) is 20.8 Å². The molecule has 0 aliphatic carbocycles. The van der Waals surface area contributed by atoms with Gasteiger partial charge in [-0.05, 0) is 19.8 Å². The molecule has 0 radical (unpaired) electrons. The summed E-state index contributed by atoms with van der Waals surface area (Å²) >= 11 is 0. The number of hydrogen-bond acceptors (Lipinski definition) is 7. The minimum Gasteiger partial charge on any atom is -0.464 e. The molecule has 28 heavy (non-hydrogen) atoms. The molecule has 0 spiro atoms. The van der Waals surface area contributed by atoms with Crippen LogP contribution in [-0.2, 0) is 33.9 Å². The quantitative estimate of drug-likeness (QED) is 0.237. The fourth-order valence-electron chi connectivity index (χ4n) is 1.75. The predicted octanol–water partition coefficient (Wildman–Crippen LogP) is 2.67. The lowest BCUT2D eigenvalue weighted by Crippen LogP contribution is -2.59. The summed E-state index contributed by atoms with van der Waals surface area (Å²) in [4.78, 5) is 24.0. The summed E-state index contributed by atoms with van der Waals surface area (Å²) in [5, 5.41) is -4.87. The van der Waals surface area contributed by atoms with Crippen LogP contribution in [0.5, 0.6) is 0 Å². The monoisotopic (exact) mass is 444 g/mol. The molecule has 0 fully saturated rings. The van der Waals surface area contributed by atoms with Crippen molar-refractivity contribution < 1.29 is 58.7 Å². The van der Waals surface area contributed by atoms with Gasteiger partial charge in [0, 0.05) is 0 Å². The number of hydrogen-bond donors (Lipinski definition) is 1. The van der Waals surface area contributed by atoms with Gasteiger partial charge in [0.1, 0.15) is 0 Å². The zero-order chi connectivity index (χ0) is 22.6. The number of carbonyl (C=O) groups is 2. The van der Waals surface area contributed by atoms with E-state index in [0.29, 0.717) is 7.11 Å². The van der Waals surface area contributed by atoms with Crippen LogP contribution in [0.15, 0.2) is 0 Å². The van der Waals surface area contributed by atoms with E-state index in [4.69, 9.17) is 4.55 Å². The fourth-order valence-corrected chi connectivity index (χ4v) is 2.10. The average Bonchev–Trinajstić information content (AvgIpc) is 2.56. The predicted molar refractivity (Wildman–Crippen MR) is 82.6 cm³/mol. The summed E-state index contributed by atoms with van der Waals surface area (Å²) in [7, 11) is -5.45. The molecule has 0 aromatic carbocycles. The number of ether oxygens (including phenoxy) is 3. The van der Waals surface area contributed by atoms with Gasteiger partial charge in [0.2, 0.25) is 0 Å². The Balaban J connectivity index is 5.95. The number of alkyl halides is 5. The van der Waals surface area contributed by atoms with Gasteiger partial charge in [-0.3, -0.25) is 9.35 Å². The molecule has 1 N–H and O–H groups in total. The minimum absolute atomic E-state index is 0.0122. The standard InChI is InChI=1S/C14H21F5O8S/c1-5-11(3,6-2)9(20)27-13(10(21)25-4,14(17,18)19)26-8-7-12(15,16)28(22,23)24/h5-8H2,1-4H3,(H,22,23,24). The van der Waals surface area contributed by atoms with Gasteiger partial charge < -0.3 is 14.2 Å². The highest BCUT2D eigenvalue weighted by Crippen LogP contribution is 2.40. The Hall–Kier alpha value is -1.54. The molecule has 0 saturated heterocycles. The van der Waals surface area contributed by atoms with Crippen molar-refractivity contribution in [2.75, 3.05) is 13.7 Å². The maximum Gasteiger partial charge on any atom is 0.468 e. The number of carbonyl (C=O) groups excluding carboxylic acids is 2. The highest BCUT2D eigenvalue weighted by Gasteiger charge is 2.68. The first-order valence-corrected chi connectivity index (χ1v) is 9.25. The van der Waals surface area contributed by atoms with E-state index in [1.54, 1.807) is 0 Å². The third-order valence-electron chi connectivity index (χ3n) is 4.19. The first kappa shape index (κ1) is 26.5. The molecule has 1 atom stereocenters. The largest absolute Gasteiger partial charge is 0.468 e. The van der Waals surface area contributed by atoms with E-state index >= 15 is 0 Å². The van der Waals surface area contributed by atoms with Gasteiger partial charge in [-0.2, -0.15) is 30.4 Å². The zero-order valence-corrected chi connectivity index (χ0v) is 16.2. The maximum atomic E-state index is 13.6. The molecule has 14 heteroatoms. The van der Waals surface area contributed by atoms with Crippen molar-refractivity contribution in [1.29, 1.82) is 0 Å². The Kier molecular flexibility index (Phi) is 8.37. The van der Waals surface area contributed by atoms with Crippen molar-refractivity contribution in [3.8, 4) is 0 Å². The van der Waals surface area contributed by atoms with Crippen LogP contribution in [0.2, 0.25) is 0 Å². The first-order valence-electron chi connectivity index (χ1n) is 7.81. The number of methoxy groups -OCH3 is 1. The molecule has 0 aromatic rings. The van der Waals surface area contributed by atoms with Gasteiger partial charge in [0.25, 0.3) is 0 Å². The smallest absolute Gasteiger partial charge is 0.464 e. The summed E-state index contributed by atoms with van der Waals surface area (Å²) < 4.78 is 109. The molecule has 0 aliphatic heterocycles. The number of halogens is 5. The van der Waals surface area contributed by atoms with Gasteiger partial charge in [-0.25, -0.2) is 4.79 Å². The fraction of sp³-hybridized carbons (Fsp3) is 0.857. The zero-order valence-electron chi connectivity index (χ0n) is 15.4. The van der Waals surface area contributed by atoms with Crippen LogP contribution in [0.4, 0.5) is 22.0 Å². The summed E-state index contributed by atoms with van der Waals surface area (Å²) in [6.45, 7) is 2.45. The molecule has 0 amide bonds. The Morgan fingerprint density at radius 1 is 1.00 bits per heavy atom. The Labute approximate surface area is 158 Å². The van der Waals surface area contributed by atoms with E-state index in [0.717, 1.165) is 0 Å².